The number of hydrogen-bond acceptors (Lipinski definition) is 6. The lowest BCUT2D eigenvalue weighted by Crippen LogP contribution is -2.60. The summed E-state index contributed by atoms with van der Waals surface area (Å²) in [5, 5.41) is 13.0. The van der Waals surface area contributed by atoms with Crippen LogP contribution in [-0.2, 0) is 22.6 Å². The van der Waals surface area contributed by atoms with Gasteiger partial charge in [0.2, 0.25) is 5.43 Å². The number of carbonyl (C=O) groups excluding carboxylic acids is 2. The molecule has 1 aromatic carbocycles. The molecule has 2 N–H and O–H groups in total. The Morgan fingerprint density at radius 3 is 2.79 bits per heavy atom. The highest BCUT2D eigenvalue weighted by Gasteiger charge is 2.48. The molecule has 182 valence electrons. The predicted octanol–water partition coefficient (Wildman–Crippen LogP) is 1.41. The van der Waals surface area contributed by atoms with Gasteiger partial charge in [-0.15, -0.1) is 0 Å². The Morgan fingerprint density at radius 2 is 2.12 bits per heavy atom. The van der Waals surface area contributed by atoms with Gasteiger partial charge in [-0.3, -0.25) is 14.4 Å². The number of halogens is 2. The van der Waals surface area contributed by atoms with E-state index in [1.807, 2.05) is 6.92 Å². The fourth-order valence-corrected chi connectivity index (χ4v) is 4.42. The Kier molecular flexibility index (Phi) is 6.67. The van der Waals surface area contributed by atoms with Crippen LogP contribution in [0, 0.1) is 11.6 Å². The molecule has 11 heteroatoms. The summed E-state index contributed by atoms with van der Waals surface area (Å²) in [5.41, 5.74) is -2.29. The zero-order valence-electron chi connectivity index (χ0n) is 18.6. The topological polar surface area (TPSA) is 110 Å². The number of nitrogens with one attached hydrogen (secondary N) is 1. The number of aromatic hydroxyl groups is 1. The van der Waals surface area contributed by atoms with Crippen molar-refractivity contribution in [2.75, 3.05) is 33.0 Å². The Bertz CT molecular complexity index is 1180. The first-order chi connectivity index (χ1) is 16.3. The molecule has 1 atom stereocenters. The van der Waals surface area contributed by atoms with Gasteiger partial charge >= 0.3 is 0 Å². The fraction of sp³-hybridized carbons (Fsp3) is 0.435. The van der Waals surface area contributed by atoms with Crippen molar-refractivity contribution in [3.8, 4) is 5.75 Å². The van der Waals surface area contributed by atoms with Crippen LogP contribution < -0.4 is 10.7 Å². The summed E-state index contributed by atoms with van der Waals surface area (Å²) in [6.07, 6.45) is 1.77. The number of amides is 2. The third kappa shape index (κ3) is 4.28. The Balaban J connectivity index is 1.63. The number of hydrogen-bond donors (Lipinski definition) is 2. The second kappa shape index (κ2) is 9.51. The summed E-state index contributed by atoms with van der Waals surface area (Å²) in [4.78, 5) is 40.4. The highest BCUT2D eigenvalue weighted by atomic mass is 19.1. The van der Waals surface area contributed by atoms with Gasteiger partial charge in [-0.2, -0.15) is 0 Å². The number of carbonyl (C=O) groups is 2. The van der Waals surface area contributed by atoms with Crippen LogP contribution in [0.15, 0.2) is 29.2 Å². The molecule has 9 nitrogen and oxygen atoms in total. The number of pyridine rings is 1. The number of rotatable bonds is 7. The molecule has 34 heavy (non-hydrogen) atoms. The third-order valence-electron chi connectivity index (χ3n) is 6.19. The van der Waals surface area contributed by atoms with E-state index in [0.717, 1.165) is 6.07 Å². The lowest BCUT2D eigenvalue weighted by atomic mass is 9.92. The second-order valence-electron chi connectivity index (χ2n) is 8.30. The van der Waals surface area contributed by atoms with E-state index in [0.29, 0.717) is 25.7 Å². The van der Waals surface area contributed by atoms with Crippen molar-refractivity contribution in [3.05, 3.63) is 63.1 Å². The fourth-order valence-electron chi connectivity index (χ4n) is 4.42. The van der Waals surface area contributed by atoms with Crippen LogP contribution in [0.1, 0.15) is 39.8 Å². The maximum absolute atomic E-state index is 13.9. The monoisotopic (exact) mass is 477 g/mol. The molecule has 0 bridgehead atoms. The molecule has 0 radical (unpaired) electrons. The highest BCUT2D eigenvalue weighted by Crippen LogP contribution is 2.35. The van der Waals surface area contributed by atoms with E-state index in [1.165, 1.54) is 16.8 Å². The van der Waals surface area contributed by atoms with Crippen LogP contribution in [0.3, 0.4) is 0 Å². The molecule has 0 saturated carbocycles. The quantitative estimate of drug-likeness (QED) is 0.584. The van der Waals surface area contributed by atoms with Gasteiger partial charge in [0.15, 0.2) is 11.4 Å². The normalized spacial score (nSPS) is 19.5. The largest absolute Gasteiger partial charge is 0.503 e. The molecule has 2 aliphatic heterocycles. The minimum Gasteiger partial charge on any atom is -0.503 e. The van der Waals surface area contributed by atoms with Crippen LogP contribution in [0.25, 0.3) is 0 Å². The van der Waals surface area contributed by atoms with Crippen molar-refractivity contribution in [1.29, 1.82) is 0 Å². The van der Waals surface area contributed by atoms with E-state index in [2.05, 4.69) is 5.32 Å². The smallest absolute Gasteiger partial charge is 0.275 e. The Hall–Kier alpha value is -3.31. The molecular weight excluding hydrogens is 452 g/mol. The number of nitrogens with zero attached hydrogens (tertiary/aromatic N) is 2. The van der Waals surface area contributed by atoms with E-state index in [-0.39, 0.29) is 44.1 Å². The average molecular weight is 477 g/mol. The predicted molar refractivity (Wildman–Crippen MR) is 116 cm³/mol. The lowest BCUT2D eigenvalue weighted by molar-refractivity contribution is 0.0104. The molecule has 4 rings (SSSR count). The summed E-state index contributed by atoms with van der Waals surface area (Å²) in [6.45, 7) is 3.48. The van der Waals surface area contributed by atoms with E-state index >= 15 is 0 Å². The second-order valence-corrected chi connectivity index (χ2v) is 8.30. The van der Waals surface area contributed by atoms with Crippen molar-refractivity contribution >= 4 is 11.8 Å². The summed E-state index contributed by atoms with van der Waals surface area (Å²) in [7, 11) is 0. The molecule has 1 fully saturated rings. The van der Waals surface area contributed by atoms with E-state index in [9.17, 15) is 28.3 Å². The molecule has 2 aliphatic rings. The lowest BCUT2D eigenvalue weighted by Gasteiger charge is -2.45. The van der Waals surface area contributed by atoms with Gasteiger partial charge in [0.05, 0.1) is 18.8 Å². The van der Waals surface area contributed by atoms with Crippen LogP contribution in [-0.4, -0.2) is 64.9 Å². The van der Waals surface area contributed by atoms with E-state index in [4.69, 9.17) is 9.47 Å². The molecule has 2 amide bonds. The van der Waals surface area contributed by atoms with Crippen molar-refractivity contribution in [2.45, 2.75) is 32.0 Å². The van der Waals surface area contributed by atoms with E-state index < -0.39 is 45.7 Å². The van der Waals surface area contributed by atoms with Gasteiger partial charge in [0.1, 0.15) is 17.2 Å². The average Bonchev–Trinajstić information content (AvgIpc) is 3.26. The van der Waals surface area contributed by atoms with Gasteiger partial charge in [0, 0.05) is 50.7 Å². The summed E-state index contributed by atoms with van der Waals surface area (Å²) < 4.78 is 39.3. The van der Waals surface area contributed by atoms with E-state index in [1.54, 1.807) is 4.90 Å². The third-order valence-corrected chi connectivity index (χ3v) is 6.19. The summed E-state index contributed by atoms with van der Waals surface area (Å²) in [5.74, 6) is -3.84. The molecule has 1 aromatic heterocycles. The zero-order chi connectivity index (χ0) is 24.5. The number of ether oxygens (including phenoxy) is 2. The standard InChI is InChI=1S/C23H25F2N3O6/c1-2-33-8-6-28-22(32)18-20(30)19(29)16(11-27(18)12-23(28)5-7-34-13-23)21(31)26-10-14-3-4-15(24)9-17(14)25/h3-4,9,11,30H,2,5-8,10,12-13H2,1H3,(H,26,31). The van der Waals surface area contributed by atoms with Crippen molar-refractivity contribution in [2.24, 2.45) is 0 Å². The number of benzene rings is 1. The summed E-state index contributed by atoms with van der Waals surface area (Å²) >= 11 is 0. The molecule has 3 heterocycles. The highest BCUT2D eigenvalue weighted by molar-refractivity contribution is 5.99. The SMILES string of the molecule is CCOCCN1C(=O)c2c(O)c(=O)c(C(=O)NCc3ccc(F)cc3F)cn2CC12CCOC2. The number of aromatic nitrogens is 1. The van der Waals surface area contributed by atoms with Crippen LogP contribution >= 0.6 is 0 Å². The maximum Gasteiger partial charge on any atom is 0.275 e. The summed E-state index contributed by atoms with van der Waals surface area (Å²) in [6, 6.07) is 2.92. The Labute approximate surface area is 193 Å². The van der Waals surface area contributed by atoms with Gasteiger partial charge in [-0.25, -0.2) is 8.78 Å². The van der Waals surface area contributed by atoms with Gasteiger partial charge in [-0.1, -0.05) is 6.07 Å². The first kappa shape index (κ1) is 23.8. The van der Waals surface area contributed by atoms with Gasteiger partial charge < -0.3 is 29.4 Å². The molecule has 1 saturated heterocycles. The van der Waals surface area contributed by atoms with Gasteiger partial charge in [-0.05, 0) is 19.4 Å². The maximum atomic E-state index is 13.9. The first-order valence-corrected chi connectivity index (χ1v) is 10.9. The minimum atomic E-state index is -1.01. The molecule has 1 unspecified atom stereocenters. The molecule has 0 aliphatic carbocycles. The molecule has 2 aromatic rings. The van der Waals surface area contributed by atoms with Gasteiger partial charge in [0.25, 0.3) is 11.8 Å². The van der Waals surface area contributed by atoms with Crippen molar-refractivity contribution < 1.29 is 33.0 Å². The van der Waals surface area contributed by atoms with Crippen LogP contribution in [0.5, 0.6) is 5.75 Å². The number of fused-ring (bicyclic) bond motifs is 1. The molecule has 1 spiro atoms. The van der Waals surface area contributed by atoms with Crippen LogP contribution in [0.2, 0.25) is 0 Å². The molecular formula is C23H25F2N3O6. The van der Waals surface area contributed by atoms with Crippen molar-refractivity contribution in [3.63, 3.8) is 0 Å². The van der Waals surface area contributed by atoms with Crippen LogP contribution in [0.4, 0.5) is 8.78 Å². The minimum absolute atomic E-state index is 0.0270. The zero-order valence-corrected chi connectivity index (χ0v) is 18.6. The Morgan fingerprint density at radius 1 is 1.32 bits per heavy atom. The van der Waals surface area contributed by atoms with Crippen molar-refractivity contribution in [1.82, 2.24) is 14.8 Å². The first-order valence-electron chi connectivity index (χ1n) is 10.9.